The lowest BCUT2D eigenvalue weighted by atomic mass is 10.0. The predicted octanol–water partition coefficient (Wildman–Crippen LogP) is 2.44. The molecular weight excluding hydrogens is 261 g/mol. The van der Waals surface area contributed by atoms with Crippen LogP contribution in [0.1, 0.15) is 22.8 Å². The third kappa shape index (κ3) is 4.28. The second-order valence-corrected chi connectivity index (χ2v) is 4.65. The van der Waals surface area contributed by atoms with Crippen LogP contribution in [-0.4, -0.2) is 46.3 Å². The van der Waals surface area contributed by atoms with Crippen molar-refractivity contribution in [2.45, 2.75) is 13.8 Å². The molecule has 0 aliphatic rings. The number of carbonyl (C=O) groups excluding carboxylic acids is 1. The topological polar surface area (TPSA) is 38.8 Å². The fourth-order valence-corrected chi connectivity index (χ4v) is 1.97. The van der Waals surface area contributed by atoms with Crippen LogP contribution in [0.3, 0.4) is 0 Å². The van der Waals surface area contributed by atoms with Crippen molar-refractivity contribution in [2.75, 3.05) is 45.4 Å². The van der Waals surface area contributed by atoms with Gasteiger partial charge in [0.25, 0.3) is 0 Å². The summed E-state index contributed by atoms with van der Waals surface area (Å²) in [5, 5.41) is 0. The Hall–Kier alpha value is -1.46. The third-order valence-corrected chi connectivity index (χ3v) is 3.13. The summed E-state index contributed by atoms with van der Waals surface area (Å²) in [5.41, 5.74) is 1.63. The lowest BCUT2D eigenvalue weighted by Crippen LogP contribution is -2.32. The second kappa shape index (κ2) is 7.97. The smallest absolute Gasteiger partial charge is 0.161 e. The van der Waals surface area contributed by atoms with Gasteiger partial charge in [-0.2, -0.15) is 0 Å². The van der Waals surface area contributed by atoms with Crippen molar-refractivity contribution in [3.8, 4) is 0 Å². The van der Waals surface area contributed by atoms with Crippen LogP contribution in [0.15, 0.2) is 12.1 Å². The molecule has 5 heteroatoms. The van der Waals surface area contributed by atoms with Crippen molar-refractivity contribution >= 4 is 11.5 Å². The van der Waals surface area contributed by atoms with Crippen molar-refractivity contribution in [1.82, 2.24) is 0 Å². The number of Topliss-reactive ketones (excluding diaryl/α,β-unsaturated/α-hetero) is 1. The van der Waals surface area contributed by atoms with Crippen molar-refractivity contribution in [3.05, 3.63) is 29.1 Å². The Labute approximate surface area is 119 Å². The van der Waals surface area contributed by atoms with Crippen LogP contribution in [0.2, 0.25) is 0 Å². The van der Waals surface area contributed by atoms with E-state index in [4.69, 9.17) is 9.47 Å². The molecule has 0 unspecified atom stereocenters. The van der Waals surface area contributed by atoms with Gasteiger partial charge in [0.1, 0.15) is 5.82 Å². The highest BCUT2D eigenvalue weighted by Crippen LogP contribution is 2.25. The predicted molar refractivity (Wildman–Crippen MR) is 77.1 cm³/mol. The summed E-state index contributed by atoms with van der Waals surface area (Å²) >= 11 is 0. The number of benzene rings is 1. The van der Waals surface area contributed by atoms with Crippen LogP contribution in [0.25, 0.3) is 0 Å². The first-order valence-electron chi connectivity index (χ1n) is 6.55. The van der Waals surface area contributed by atoms with E-state index in [1.54, 1.807) is 27.2 Å². The molecule has 0 N–H and O–H groups in total. The summed E-state index contributed by atoms with van der Waals surface area (Å²) in [6.07, 6.45) is 0. The van der Waals surface area contributed by atoms with Gasteiger partial charge in [-0.15, -0.1) is 0 Å². The monoisotopic (exact) mass is 283 g/mol. The van der Waals surface area contributed by atoms with Gasteiger partial charge in [0.2, 0.25) is 0 Å². The zero-order valence-electron chi connectivity index (χ0n) is 12.5. The van der Waals surface area contributed by atoms with Crippen molar-refractivity contribution in [1.29, 1.82) is 0 Å². The molecule has 0 aromatic heterocycles. The van der Waals surface area contributed by atoms with Gasteiger partial charge < -0.3 is 14.4 Å². The Morgan fingerprint density at radius 3 is 2.20 bits per heavy atom. The summed E-state index contributed by atoms with van der Waals surface area (Å²) in [4.78, 5) is 13.7. The summed E-state index contributed by atoms with van der Waals surface area (Å²) in [7, 11) is 3.24. The van der Waals surface area contributed by atoms with Crippen LogP contribution in [0.5, 0.6) is 0 Å². The normalized spacial score (nSPS) is 10.7. The molecule has 20 heavy (non-hydrogen) atoms. The van der Waals surface area contributed by atoms with E-state index >= 15 is 0 Å². The molecule has 0 amide bonds. The molecule has 0 saturated heterocycles. The lowest BCUT2D eigenvalue weighted by Gasteiger charge is -2.26. The molecule has 0 aliphatic heterocycles. The molecule has 1 aromatic rings. The summed E-state index contributed by atoms with van der Waals surface area (Å²) < 4.78 is 23.8. The van der Waals surface area contributed by atoms with Crippen molar-refractivity contribution in [2.24, 2.45) is 0 Å². The zero-order chi connectivity index (χ0) is 15.1. The second-order valence-electron chi connectivity index (χ2n) is 4.65. The highest BCUT2D eigenvalue weighted by Gasteiger charge is 2.16. The molecule has 0 radical (unpaired) electrons. The number of anilines is 1. The number of ether oxygens (including phenoxy) is 2. The van der Waals surface area contributed by atoms with E-state index in [0.717, 1.165) is 5.69 Å². The first kappa shape index (κ1) is 16.6. The van der Waals surface area contributed by atoms with Crippen LogP contribution >= 0.6 is 0 Å². The van der Waals surface area contributed by atoms with Gasteiger partial charge in [0.15, 0.2) is 5.78 Å². The minimum Gasteiger partial charge on any atom is -0.383 e. The van der Waals surface area contributed by atoms with Crippen LogP contribution in [-0.2, 0) is 9.47 Å². The lowest BCUT2D eigenvalue weighted by molar-refractivity contribution is 0.101. The van der Waals surface area contributed by atoms with E-state index in [1.807, 2.05) is 4.90 Å². The third-order valence-electron chi connectivity index (χ3n) is 3.13. The Morgan fingerprint density at radius 2 is 1.75 bits per heavy atom. The van der Waals surface area contributed by atoms with E-state index in [0.29, 0.717) is 37.4 Å². The van der Waals surface area contributed by atoms with Crippen LogP contribution in [0.4, 0.5) is 10.1 Å². The van der Waals surface area contributed by atoms with Crippen LogP contribution < -0.4 is 4.90 Å². The first-order valence-corrected chi connectivity index (χ1v) is 6.55. The van der Waals surface area contributed by atoms with E-state index in [-0.39, 0.29) is 11.6 Å². The number of hydrogen-bond donors (Lipinski definition) is 0. The number of aryl methyl sites for hydroxylation is 1. The largest absolute Gasteiger partial charge is 0.383 e. The Kier molecular flexibility index (Phi) is 6.61. The highest BCUT2D eigenvalue weighted by atomic mass is 19.1. The number of nitrogens with zero attached hydrogens (tertiary/aromatic N) is 1. The van der Waals surface area contributed by atoms with Gasteiger partial charge in [-0.25, -0.2) is 4.39 Å². The van der Waals surface area contributed by atoms with Gasteiger partial charge in [-0.1, -0.05) is 0 Å². The van der Waals surface area contributed by atoms with Gasteiger partial charge in [-0.05, 0) is 31.5 Å². The summed E-state index contributed by atoms with van der Waals surface area (Å²) in [5.74, 6) is -0.517. The number of halogens is 1. The van der Waals surface area contributed by atoms with Crippen LogP contribution in [0, 0.1) is 12.7 Å². The quantitative estimate of drug-likeness (QED) is 0.687. The van der Waals surface area contributed by atoms with Crippen molar-refractivity contribution < 1.29 is 18.7 Å². The first-order chi connectivity index (χ1) is 9.51. The molecule has 112 valence electrons. The molecule has 0 fully saturated rings. The molecular formula is C15H22FNO3. The standard InChI is InChI=1S/C15H22FNO3/c1-11-9-15(13(12(2)18)10-14(11)16)17(5-7-19-3)6-8-20-4/h9-10H,5-8H2,1-4H3. The van der Waals surface area contributed by atoms with Crippen molar-refractivity contribution in [3.63, 3.8) is 0 Å². The maximum absolute atomic E-state index is 13.7. The maximum atomic E-state index is 13.7. The maximum Gasteiger partial charge on any atom is 0.161 e. The number of ketones is 1. The Morgan fingerprint density at radius 1 is 1.20 bits per heavy atom. The summed E-state index contributed by atoms with van der Waals surface area (Å²) in [6.45, 7) is 5.41. The SMILES string of the molecule is COCCN(CCOC)c1cc(C)c(F)cc1C(C)=O. The number of hydrogen-bond acceptors (Lipinski definition) is 4. The molecule has 0 spiro atoms. The fraction of sp³-hybridized carbons (Fsp3) is 0.533. The Bertz CT molecular complexity index is 455. The van der Waals surface area contributed by atoms with E-state index in [2.05, 4.69) is 0 Å². The Balaban J connectivity index is 3.15. The minimum absolute atomic E-state index is 0.154. The zero-order valence-corrected chi connectivity index (χ0v) is 12.5. The van der Waals surface area contributed by atoms with E-state index in [9.17, 15) is 9.18 Å². The molecule has 0 atom stereocenters. The fourth-order valence-electron chi connectivity index (χ4n) is 1.97. The molecule has 0 heterocycles. The number of rotatable bonds is 8. The van der Waals surface area contributed by atoms with Gasteiger partial charge >= 0.3 is 0 Å². The van der Waals surface area contributed by atoms with Gasteiger partial charge in [0, 0.05) is 38.6 Å². The number of carbonyl (C=O) groups is 1. The number of methoxy groups -OCH3 is 2. The van der Waals surface area contributed by atoms with Gasteiger partial charge in [0.05, 0.1) is 13.2 Å². The molecule has 1 aromatic carbocycles. The summed E-state index contributed by atoms with van der Waals surface area (Å²) in [6, 6.07) is 3.01. The average molecular weight is 283 g/mol. The molecule has 0 saturated carbocycles. The van der Waals surface area contributed by atoms with E-state index < -0.39 is 0 Å². The minimum atomic E-state index is -0.364. The molecule has 0 aliphatic carbocycles. The highest BCUT2D eigenvalue weighted by molar-refractivity contribution is 5.99. The molecule has 1 rings (SSSR count). The average Bonchev–Trinajstić information content (AvgIpc) is 2.41. The van der Waals surface area contributed by atoms with E-state index in [1.165, 1.54) is 13.0 Å². The van der Waals surface area contributed by atoms with Gasteiger partial charge in [-0.3, -0.25) is 4.79 Å². The molecule has 4 nitrogen and oxygen atoms in total. The molecule has 0 bridgehead atoms.